The van der Waals surface area contributed by atoms with E-state index >= 15 is 0 Å². The number of nitrogens with one attached hydrogen (secondary N) is 1. The van der Waals surface area contributed by atoms with E-state index in [2.05, 4.69) is 44.3 Å². The maximum atomic E-state index is 11.9. The molecule has 0 aromatic carbocycles. The van der Waals surface area contributed by atoms with Crippen LogP contribution in [0.3, 0.4) is 0 Å². The summed E-state index contributed by atoms with van der Waals surface area (Å²) >= 11 is 1.68. The molecule has 1 fully saturated rings. The van der Waals surface area contributed by atoms with Crippen molar-refractivity contribution in [3.05, 3.63) is 17.8 Å². The van der Waals surface area contributed by atoms with E-state index < -0.39 is 0 Å². The number of nitrogens with zero attached hydrogens (tertiary/aromatic N) is 4. The number of rotatable bonds is 5. The van der Waals surface area contributed by atoms with Gasteiger partial charge in [-0.3, -0.25) is 9.69 Å². The van der Waals surface area contributed by atoms with Crippen LogP contribution in [0.4, 0.5) is 5.82 Å². The van der Waals surface area contributed by atoms with Crippen molar-refractivity contribution < 1.29 is 4.79 Å². The van der Waals surface area contributed by atoms with Crippen LogP contribution in [0.15, 0.2) is 17.8 Å². The third-order valence-corrected chi connectivity index (χ3v) is 4.87. The third kappa shape index (κ3) is 3.97. The van der Waals surface area contributed by atoms with Crippen molar-refractivity contribution in [3.8, 4) is 0 Å². The summed E-state index contributed by atoms with van der Waals surface area (Å²) in [6.45, 7) is 8.98. The summed E-state index contributed by atoms with van der Waals surface area (Å²) < 4.78 is 1.15. The highest BCUT2D eigenvalue weighted by Gasteiger charge is 2.21. The molecule has 7 heteroatoms. The second kappa shape index (κ2) is 7.23. The number of amides is 1. The molecule has 1 saturated heterocycles. The minimum Gasteiger partial charge on any atom is -0.355 e. The Hall–Kier alpha value is -1.73. The van der Waals surface area contributed by atoms with Gasteiger partial charge in [0.15, 0.2) is 0 Å². The van der Waals surface area contributed by atoms with E-state index in [4.69, 9.17) is 0 Å². The predicted octanol–water partition coefficient (Wildman–Crippen LogP) is 1.59. The van der Waals surface area contributed by atoms with Crippen LogP contribution in [0.25, 0.3) is 10.2 Å². The smallest absolute Gasteiger partial charge is 0.234 e. The summed E-state index contributed by atoms with van der Waals surface area (Å²) in [6.07, 6.45) is 1.64. The monoisotopic (exact) mass is 333 g/mol. The van der Waals surface area contributed by atoms with E-state index in [9.17, 15) is 4.79 Å². The Labute approximate surface area is 140 Å². The van der Waals surface area contributed by atoms with E-state index in [1.54, 1.807) is 17.7 Å². The molecule has 3 heterocycles. The number of anilines is 1. The van der Waals surface area contributed by atoms with Crippen LogP contribution in [-0.2, 0) is 4.79 Å². The SMILES string of the molecule is CC(C)CNC(=O)CN1CCN(c2ncnc3ccsc23)CC1. The van der Waals surface area contributed by atoms with E-state index in [0.29, 0.717) is 12.5 Å². The van der Waals surface area contributed by atoms with Gasteiger partial charge >= 0.3 is 0 Å². The highest BCUT2D eigenvalue weighted by molar-refractivity contribution is 7.17. The number of hydrogen-bond donors (Lipinski definition) is 1. The van der Waals surface area contributed by atoms with E-state index in [1.165, 1.54) is 0 Å². The van der Waals surface area contributed by atoms with Crippen LogP contribution in [0.2, 0.25) is 0 Å². The highest BCUT2D eigenvalue weighted by atomic mass is 32.1. The lowest BCUT2D eigenvalue weighted by Crippen LogP contribution is -2.50. The van der Waals surface area contributed by atoms with Crippen LogP contribution >= 0.6 is 11.3 Å². The molecule has 0 bridgehead atoms. The zero-order chi connectivity index (χ0) is 16.2. The number of piperazine rings is 1. The molecule has 1 amide bonds. The molecule has 2 aromatic rings. The molecule has 1 N–H and O–H groups in total. The van der Waals surface area contributed by atoms with Crippen molar-refractivity contribution in [2.45, 2.75) is 13.8 Å². The molecular weight excluding hydrogens is 310 g/mol. The summed E-state index contributed by atoms with van der Waals surface area (Å²) in [5.41, 5.74) is 1.01. The predicted molar refractivity (Wildman–Crippen MR) is 93.9 cm³/mol. The Balaban J connectivity index is 1.54. The second-order valence-corrected chi connectivity index (χ2v) is 7.21. The van der Waals surface area contributed by atoms with E-state index in [-0.39, 0.29) is 5.91 Å². The van der Waals surface area contributed by atoms with Crippen molar-refractivity contribution in [1.82, 2.24) is 20.2 Å². The number of aromatic nitrogens is 2. The lowest BCUT2D eigenvalue weighted by Gasteiger charge is -2.35. The maximum absolute atomic E-state index is 11.9. The standard InChI is InChI=1S/C16H23N5OS/c1-12(2)9-17-14(22)10-20-4-6-21(7-5-20)16-15-13(3-8-23-15)18-11-19-16/h3,8,11-12H,4-7,9-10H2,1-2H3,(H,17,22). The fourth-order valence-corrected chi connectivity index (χ4v) is 3.56. The molecule has 23 heavy (non-hydrogen) atoms. The molecule has 6 nitrogen and oxygen atoms in total. The number of thiophene rings is 1. The van der Waals surface area contributed by atoms with Gasteiger partial charge in [0.2, 0.25) is 5.91 Å². The lowest BCUT2D eigenvalue weighted by molar-refractivity contribution is -0.122. The van der Waals surface area contributed by atoms with Gasteiger partial charge in [0.1, 0.15) is 12.1 Å². The van der Waals surface area contributed by atoms with Gasteiger partial charge in [-0.05, 0) is 17.4 Å². The van der Waals surface area contributed by atoms with Crippen molar-refractivity contribution in [3.63, 3.8) is 0 Å². The Morgan fingerprint density at radius 1 is 1.30 bits per heavy atom. The molecule has 124 valence electrons. The van der Waals surface area contributed by atoms with Gasteiger partial charge in [0, 0.05) is 32.7 Å². The average molecular weight is 333 g/mol. The van der Waals surface area contributed by atoms with Crippen LogP contribution < -0.4 is 10.2 Å². The van der Waals surface area contributed by atoms with Crippen LogP contribution in [-0.4, -0.2) is 60.0 Å². The number of fused-ring (bicyclic) bond motifs is 1. The first-order valence-corrected chi connectivity index (χ1v) is 8.93. The molecule has 2 aromatic heterocycles. The van der Waals surface area contributed by atoms with Crippen molar-refractivity contribution in [2.24, 2.45) is 5.92 Å². The summed E-state index contributed by atoms with van der Waals surface area (Å²) in [5, 5.41) is 5.03. The maximum Gasteiger partial charge on any atom is 0.234 e. The van der Waals surface area contributed by atoms with Gasteiger partial charge in [0.25, 0.3) is 0 Å². The van der Waals surface area contributed by atoms with E-state index in [1.807, 2.05) is 6.07 Å². The Kier molecular flexibility index (Phi) is 5.07. The molecule has 0 radical (unpaired) electrons. The molecule has 0 atom stereocenters. The molecular formula is C16H23N5OS. The largest absolute Gasteiger partial charge is 0.355 e. The second-order valence-electron chi connectivity index (χ2n) is 6.29. The highest BCUT2D eigenvalue weighted by Crippen LogP contribution is 2.28. The van der Waals surface area contributed by atoms with Crippen molar-refractivity contribution in [1.29, 1.82) is 0 Å². The zero-order valence-corrected chi connectivity index (χ0v) is 14.5. The topological polar surface area (TPSA) is 61.4 Å². The van der Waals surface area contributed by atoms with Gasteiger partial charge < -0.3 is 10.2 Å². The summed E-state index contributed by atoms with van der Waals surface area (Å²) in [7, 11) is 0. The minimum absolute atomic E-state index is 0.120. The van der Waals surface area contributed by atoms with Crippen LogP contribution in [0.1, 0.15) is 13.8 Å². The third-order valence-electron chi connectivity index (χ3n) is 3.97. The van der Waals surface area contributed by atoms with Gasteiger partial charge in [-0.25, -0.2) is 9.97 Å². The van der Waals surface area contributed by atoms with Crippen molar-refractivity contribution in [2.75, 3.05) is 44.2 Å². The first-order valence-electron chi connectivity index (χ1n) is 8.05. The van der Waals surface area contributed by atoms with Gasteiger partial charge in [-0.15, -0.1) is 11.3 Å². The quantitative estimate of drug-likeness (QED) is 0.900. The molecule has 1 aliphatic heterocycles. The van der Waals surface area contributed by atoms with Gasteiger partial charge in [-0.1, -0.05) is 13.8 Å². The first-order chi connectivity index (χ1) is 11.1. The van der Waals surface area contributed by atoms with Crippen LogP contribution in [0.5, 0.6) is 0 Å². The Bertz CT molecular complexity index is 663. The molecule has 0 unspecified atom stereocenters. The van der Waals surface area contributed by atoms with Crippen molar-refractivity contribution >= 4 is 33.3 Å². The van der Waals surface area contributed by atoms with Gasteiger partial charge in [-0.2, -0.15) is 0 Å². The molecule has 0 spiro atoms. The first kappa shape index (κ1) is 16.1. The summed E-state index contributed by atoms with van der Waals surface area (Å²) in [4.78, 5) is 25.2. The molecule has 1 aliphatic rings. The molecule has 3 rings (SSSR count). The van der Waals surface area contributed by atoms with Gasteiger partial charge in [0.05, 0.1) is 16.8 Å². The molecule has 0 aliphatic carbocycles. The summed E-state index contributed by atoms with van der Waals surface area (Å²) in [5.74, 6) is 1.63. The fraction of sp³-hybridized carbons (Fsp3) is 0.562. The van der Waals surface area contributed by atoms with Crippen LogP contribution in [0, 0.1) is 5.92 Å². The lowest BCUT2D eigenvalue weighted by atomic mass is 10.2. The molecule has 0 saturated carbocycles. The summed E-state index contributed by atoms with van der Waals surface area (Å²) in [6, 6.07) is 2.03. The number of hydrogen-bond acceptors (Lipinski definition) is 6. The fourth-order valence-electron chi connectivity index (χ4n) is 2.70. The normalized spacial score (nSPS) is 16.2. The number of carbonyl (C=O) groups is 1. The van der Waals surface area contributed by atoms with E-state index in [0.717, 1.165) is 48.8 Å². The number of carbonyl (C=O) groups excluding carboxylic acids is 1. The zero-order valence-electron chi connectivity index (χ0n) is 13.7. The minimum atomic E-state index is 0.120. The Morgan fingerprint density at radius 3 is 2.83 bits per heavy atom. The Morgan fingerprint density at radius 2 is 2.09 bits per heavy atom. The average Bonchev–Trinajstić information content (AvgIpc) is 3.02.